The molecule has 0 spiro atoms. The maximum absolute atomic E-state index is 11.2. The normalized spacial score (nSPS) is 14.5. The lowest BCUT2D eigenvalue weighted by Crippen LogP contribution is -2.44. The van der Waals surface area contributed by atoms with Gasteiger partial charge >= 0.3 is 0 Å². The van der Waals surface area contributed by atoms with Crippen LogP contribution in [0.3, 0.4) is 0 Å². The molecular weight excluding hydrogens is 376 g/mol. The van der Waals surface area contributed by atoms with Crippen molar-refractivity contribution < 1.29 is 17.0 Å². The van der Waals surface area contributed by atoms with Crippen molar-refractivity contribution in [3.63, 3.8) is 0 Å². The van der Waals surface area contributed by atoms with Crippen molar-refractivity contribution in [3.8, 4) is 0 Å². The molecule has 0 saturated heterocycles. The summed E-state index contributed by atoms with van der Waals surface area (Å²) < 4.78 is 34.0. The van der Waals surface area contributed by atoms with Crippen LogP contribution in [0.15, 0.2) is 0 Å². The predicted octanol–water partition coefficient (Wildman–Crippen LogP) is 6.66. The maximum atomic E-state index is 11.2. The molecular formula is C21H46O4SSi. The Morgan fingerprint density at radius 1 is 0.852 bits per heavy atom. The molecule has 0 aromatic carbocycles. The van der Waals surface area contributed by atoms with Crippen LogP contribution in [0.2, 0.25) is 18.1 Å². The highest BCUT2D eigenvalue weighted by Gasteiger charge is 2.38. The molecule has 164 valence electrons. The van der Waals surface area contributed by atoms with E-state index in [0.717, 1.165) is 19.1 Å². The first-order valence-corrected chi connectivity index (χ1v) is 15.6. The molecule has 0 rings (SSSR count). The van der Waals surface area contributed by atoms with Crippen LogP contribution in [0.25, 0.3) is 0 Å². The second kappa shape index (κ2) is 13.3. The van der Waals surface area contributed by atoms with E-state index in [-0.39, 0.29) is 17.7 Å². The molecule has 0 bridgehead atoms. The SMILES string of the molecule is CCCCCCCCCCC[C@H](CCOS(C)(=O)=O)O[Si](C)(C)C(C)(C)C. The molecule has 0 aromatic heterocycles. The summed E-state index contributed by atoms with van der Waals surface area (Å²) >= 11 is 0. The van der Waals surface area contributed by atoms with E-state index in [4.69, 9.17) is 8.61 Å². The van der Waals surface area contributed by atoms with Crippen molar-refractivity contribution in [2.75, 3.05) is 12.9 Å². The zero-order chi connectivity index (χ0) is 21.0. The smallest absolute Gasteiger partial charge is 0.264 e. The Bertz CT molecular complexity index is 469. The molecule has 6 heteroatoms. The van der Waals surface area contributed by atoms with Gasteiger partial charge in [-0.3, -0.25) is 4.18 Å². The van der Waals surface area contributed by atoms with Crippen LogP contribution < -0.4 is 0 Å². The minimum absolute atomic E-state index is 0.0946. The molecule has 0 aromatic rings. The standard InChI is InChI=1S/C21H46O4SSi/c1-8-9-10-11-12-13-14-15-16-17-20(18-19-24-26(5,22)23)25-27(6,7)21(2,3)4/h20H,8-19H2,1-7H3/t20-/m1/s1. The highest BCUT2D eigenvalue weighted by molar-refractivity contribution is 7.85. The van der Waals surface area contributed by atoms with E-state index in [0.29, 0.717) is 6.42 Å². The van der Waals surface area contributed by atoms with Crippen LogP contribution in [-0.4, -0.2) is 35.7 Å². The van der Waals surface area contributed by atoms with E-state index in [1.165, 1.54) is 51.4 Å². The molecule has 0 aliphatic rings. The average molecular weight is 423 g/mol. The van der Waals surface area contributed by atoms with Crippen molar-refractivity contribution in [1.82, 2.24) is 0 Å². The van der Waals surface area contributed by atoms with Crippen LogP contribution in [-0.2, 0) is 18.7 Å². The second-order valence-corrected chi connectivity index (χ2v) is 15.8. The molecule has 0 aliphatic heterocycles. The van der Waals surface area contributed by atoms with Crippen molar-refractivity contribution in [1.29, 1.82) is 0 Å². The van der Waals surface area contributed by atoms with Gasteiger partial charge in [0.05, 0.1) is 12.9 Å². The second-order valence-electron chi connectivity index (χ2n) is 9.43. The van der Waals surface area contributed by atoms with Crippen LogP contribution >= 0.6 is 0 Å². The molecule has 0 heterocycles. The lowest BCUT2D eigenvalue weighted by Gasteiger charge is -2.39. The molecule has 1 atom stereocenters. The van der Waals surface area contributed by atoms with Gasteiger partial charge in [-0.05, 0) is 31.0 Å². The van der Waals surface area contributed by atoms with Gasteiger partial charge in [0.25, 0.3) is 10.1 Å². The maximum Gasteiger partial charge on any atom is 0.264 e. The molecule has 0 N–H and O–H groups in total. The fourth-order valence-corrected chi connectivity index (χ4v) is 4.69. The molecule has 0 amide bonds. The third-order valence-electron chi connectivity index (χ3n) is 5.63. The Morgan fingerprint density at radius 2 is 1.33 bits per heavy atom. The third-order valence-corrected chi connectivity index (χ3v) is 10.8. The van der Waals surface area contributed by atoms with Crippen molar-refractivity contribution in [2.24, 2.45) is 0 Å². The van der Waals surface area contributed by atoms with Gasteiger partial charge in [-0.1, -0.05) is 85.5 Å². The Hall–Kier alpha value is 0.0869. The molecule has 0 unspecified atom stereocenters. The average Bonchev–Trinajstić information content (AvgIpc) is 2.50. The Balaban J connectivity index is 4.30. The molecule has 0 radical (unpaired) electrons. The molecule has 0 saturated carbocycles. The summed E-state index contributed by atoms with van der Waals surface area (Å²) in [6.07, 6.45) is 14.6. The van der Waals surface area contributed by atoms with Crippen LogP contribution in [0, 0.1) is 0 Å². The van der Waals surface area contributed by atoms with Crippen molar-refractivity contribution in [2.45, 2.75) is 123 Å². The monoisotopic (exact) mass is 422 g/mol. The third kappa shape index (κ3) is 14.7. The summed E-state index contributed by atoms with van der Waals surface area (Å²) in [6, 6.07) is 0. The number of rotatable bonds is 16. The summed E-state index contributed by atoms with van der Waals surface area (Å²) in [5.41, 5.74) is 0. The lowest BCUT2D eigenvalue weighted by molar-refractivity contribution is 0.136. The first-order valence-electron chi connectivity index (χ1n) is 10.9. The Labute approximate surface area is 171 Å². The van der Waals surface area contributed by atoms with Gasteiger partial charge < -0.3 is 4.43 Å². The van der Waals surface area contributed by atoms with Gasteiger partial charge in [-0.15, -0.1) is 0 Å². The van der Waals surface area contributed by atoms with Gasteiger partial charge in [0, 0.05) is 6.10 Å². The van der Waals surface area contributed by atoms with Gasteiger partial charge in [-0.2, -0.15) is 8.42 Å². The zero-order valence-electron chi connectivity index (χ0n) is 19.1. The van der Waals surface area contributed by atoms with E-state index in [9.17, 15) is 8.42 Å². The quantitative estimate of drug-likeness (QED) is 0.158. The van der Waals surface area contributed by atoms with Gasteiger partial charge in [-0.25, -0.2) is 0 Å². The number of unbranched alkanes of at least 4 members (excludes halogenated alkanes) is 8. The summed E-state index contributed by atoms with van der Waals surface area (Å²) in [4.78, 5) is 0. The van der Waals surface area contributed by atoms with E-state index in [1.54, 1.807) is 0 Å². The summed E-state index contributed by atoms with van der Waals surface area (Å²) in [7, 11) is -5.24. The largest absolute Gasteiger partial charge is 0.414 e. The lowest BCUT2D eigenvalue weighted by atomic mass is 10.0. The number of hydrogen-bond donors (Lipinski definition) is 0. The Kier molecular flexibility index (Phi) is 13.4. The highest BCUT2D eigenvalue weighted by atomic mass is 32.2. The number of hydrogen-bond acceptors (Lipinski definition) is 4. The molecule has 27 heavy (non-hydrogen) atoms. The first-order chi connectivity index (χ1) is 12.4. The van der Waals surface area contributed by atoms with Crippen LogP contribution in [0.1, 0.15) is 98.3 Å². The van der Waals surface area contributed by atoms with Crippen molar-refractivity contribution >= 4 is 18.4 Å². The summed E-state index contributed by atoms with van der Waals surface area (Å²) in [5, 5.41) is 0.154. The molecule has 4 nitrogen and oxygen atoms in total. The van der Waals surface area contributed by atoms with Crippen LogP contribution in [0.5, 0.6) is 0 Å². The summed E-state index contributed by atoms with van der Waals surface area (Å²) in [6.45, 7) is 13.7. The van der Waals surface area contributed by atoms with Crippen molar-refractivity contribution in [3.05, 3.63) is 0 Å². The zero-order valence-corrected chi connectivity index (χ0v) is 20.9. The van der Waals surface area contributed by atoms with Gasteiger partial charge in [0.1, 0.15) is 0 Å². The minimum Gasteiger partial charge on any atom is -0.414 e. The Morgan fingerprint density at radius 3 is 1.78 bits per heavy atom. The fraction of sp³-hybridized carbons (Fsp3) is 1.00. The van der Waals surface area contributed by atoms with E-state index in [1.807, 2.05) is 0 Å². The van der Waals surface area contributed by atoms with E-state index in [2.05, 4.69) is 40.8 Å². The fourth-order valence-electron chi connectivity index (χ4n) is 2.87. The van der Waals surface area contributed by atoms with Gasteiger partial charge in [0.2, 0.25) is 0 Å². The minimum atomic E-state index is -3.38. The predicted molar refractivity (Wildman–Crippen MR) is 119 cm³/mol. The van der Waals surface area contributed by atoms with E-state index < -0.39 is 18.4 Å². The topological polar surface area (TPSA) is 52.6 Å². The van der Waals surface area contributed by atoms with Gasteiger partial charge in [0.15, 0.2) is 8.32 Å². The molecule has 0 fully saturated rings. The highest BCUT2D eigenvalue weighted by Crippen LogP contribution is 2.38. The van der Waals surface area contributed by atoms with Crippen LogP contribution in [0.4, 0.5) is 0 Å². The van der Waals surface area contributed by atoms with E-state index >= 15 is 0 Å². The summed E-state index contributed by atoms with van der Waals surface area (Å²) in [5.74, 6) is 0. The molecule has 0 aliphatic carbocycles. The first kappa shape index (κ1) is 27.1.